The molecule has 0 amide bonds. The second kappa shape index (κ2) is 8.88. The summed E-state index contributed by atoms with van der Waals surface area (Å²) in [6, 6.07) is 10.9. The number of rotatable bonds is 7. The summed E-state index contributed by atoms with van der Waals surface area (Å²) >= 11 is 1.86. The van der Waals surface area contributed by atoms with Crippen molar-refractivity contribution in [3.63, 3.8) is 0 Å². The van der Waals surface area contributed by atoms with Gasteiger partial charge in [-0.1, -0.05) is 43.4 Å². The molecule has 3 rings (SSSR count). The van der Waals surface area contributed by atoms with Crippen molar-refractivity contribution in [1.82, 2.24) is 4.98 Å². The van der Waals surface area contributed by atoms with E-state index < -0.39 is 0 Å². The molecule has 0 saturated heterocycles. The van der Waals surface area contributed by atoms with Crippen LogP contribution in [-0.2, 0) is 0 Å². The van der Waals surface area contributed by atoms with Crippen molar-refractivity contribution in [2.45, 2.75) is 24.7 Å². The Morgan fingerprint density at radius 2 is 2.08 bits per heavy atom. The van der Waals surface area contributed by atoms with E-state index >= 15 is 0 Å². The maximum atomic E-state index is 5.63. The first-order valence-electron chi connectivity index (χ1n) is 8.87. The molecule has 2 aromatic rings. The van der Waals surface area contributed by atoms with Gasteiger partial charge in [-0.3, -0.25) is 0 Å². The van der Waals surface area contributed by atoms with Crippen molar-refractivity contribution in [2.75, 3.05) is 24.2 Å². The predicted molar refractivity (Wildman–Crippen MR) is 110 cm³/mol. The molecule has 0 radical (unpaired) electrons. The fourth-order valence-corrected chi connectivity index (χ4v) is 3.50. The van der Waals surface area contributed by atoms with Crippen molar-refractivity contribution in [3.8, 4) is 11.3 Å². The lowest BCUT2D eigenvalue weighted by molar-refractivity contribution is 0.869. The molecular formula is C21H25N3S. The van der Waals surface area contributed by atoms with Crippen molar-refractivity contribution in [3.05, 3.63) is 52.9 Å². The summed E-state index contributed by atoms with van der Waals surface area (Å²) in [4.78, 5) is 6.20. The van der Waals surface area contributed by atoms with Gasteiger partial charge in [-0.15, -0.1) is 11.8 Å². The van der Waals surface area contributed by atoms with Gasteiger partial charge in [0.1, 0.15) is 5.82 Å². The first-order chi connectivity index (χ1) is 12.3. The third-order valence-electron chi connectivity index (χ3n) is 4.10. The smallest absolute Gasteiger partial charge is 0.134 e. The van der Waals surface area contributed by atoms with Crippen LogP contribution < -0.4 is 21.5 Å². The molecule has 1 aliphatic carbocycles. The van der Waals surface area contributed by atoms with Gasteiger partial charge in [0.15, 0.2) is 0 Å². The average Bonchev–Trinajstić information content (AvgIpc) is 2.88. The highest BCUT2D eigenvalue weighted by atomic mass is 32.2. The Kier molecular flexibility index (Phi) is 6.31. The Bertz CT molecular complexity index is 854. The van der Waals surface area contributed by atoms with E-state index in [1.54, 1.807) is 0 Å². The maximum absolute atomic E-state index is 5.63. The van der Waals surface area contributed by atoms with E-state index in [2.05, 4.69) is 66.9 Å². The summed E-state index contributed by atoms with van der Waals surface area (Å²) in [6.07, 6.45) is 10.6. The summed E-state index contributed by atoms with van der Waals surface area (Å²) in [5.41, 5.74) is 7.78. The van der Waals surface area contributed by atoms with E-state index in [1.807, 2.05) is 11.8 Å². The molecule has 0 bridgehead atoms. The summed E-state index contributed by atoms with van der Waals surface area (Å²) in [6.45, 7) is 3.69. The summed E-state index contributed by atoms with van der Waals surface area (Å²) in [7, 11) is 0. The van der Waals surface area contributed by atoms with Gasteiger partial charge in [0.25, 0.3) is 0 Å². The topological polar surface area (TPSA) is 50.9 Å². The zero-order valence-corrected chi connectivity index (χ0v) is 15.5. The molecule has 3 N–H and O–H groups in total. The van der Waals surface area contributed by atoms with Crippen LogP contribution in [0.25, 0.3) is 23.4 Å². The lowest BCUT2D eigenvalue weighted by Gasteiger charge is -2.10. The fraction of sp³-hybridized carbons (Fsp3) is 0.286. The number of nitrogens with zero attached hydrogens (tertiary/aromatic N) is 1. The standard InChI is InChI=1S/C21H25N3S/c1-2-25-18-11-9-16(10-12-18)20-15-17-7-4-3-5-8-19(17)21(24-20)23-14-6-13-22/h3,5,7-12,15H,2,4,6,13-14,22H2,1H3,(H,23,24). The van der Waals surface area contributed by atoms with Gasteiger partial charge in [0, 0.05) is 22.2 Å². The number of anilines is 1. The van der Waals surface area contributed by atoms with E-state index in [0.717, 1.165) is 47.4 Å². The third kappa shape index (κ3) is 4.53. The van der Waals surface area contributed by atoms with E-state index in [1.165, 1.54) is 10.1 Å². The van der Waals surface area contributed by atoms with Crippen LogP contribution >= 0.6 is 11.8 Å². The van der Waals surface area contributed by atoms with Crippen LogP contribution in [0.5, 0.6) is 0 Å². The van der Waals surface area contributed by atoms with Gasteiger partial charge >= 0.3 is 0 Å². The SMILES string of the molecule is CCSc1ccc(-c2cc3c(c(NCCCN)n2)=CC=CCC=3)cc1. The minimum absolute atomic E-state index is 0.682. The van der Waals surface area contributed by atoms with Crippen LogP contribution in [0, 0.1) is 0 Å². The molecular weight excluding hydrogens is 326 g/mol. The minimum Gasteiger partial charge on any atom is -0.369 e. The number of pyridine rings is 1. The number of nitrogens with two attached hydrogens (primary N) is 1. The Morgan fingerprint density at radius 3 is 2.84 bits per heavy atom. The maximum Gasteiger partial charge on any atom is 0.134 e. The predicted octanol–water partition coefficient (Wildman–Crippen LogP) is 3.14. The minimum atomic E-state index is 0.682. The molecule has 4 heteroatoms. The van der Waals surface area contributed by atoms with Gasteiger partial charge < -0.3 is 11.1 Å². The van der Waals surface area contributed by atoms with E-state index in [4.69, 9.17) is 10.7 Å². The number of aromatic nitrogens is 1. The summed E-state index contributed by atoms with van der Waals surface area (Å²) in [5.74, 6) is 2.03. The molecule has 3 nitrogen and oxygen atoms in total. The van der Waals surface area contributed by atoms with Crippen LogP contribution in [0.15, 0.2) is 47.4 Å². The molecule has 0 fully saturated rings. The molecule has 1 heterocycles. The molecule has 1 aliphatic rings. The van der Waals surface area contributed by atoms with Gasteiger partial charge in [0.2, 0.25) is 0 Å². The highest BCUT2D eigenvalue weighted by Gasteiger charge is 2.06. The lowest BCUT2D eigenvalue weighted by atomic mass is 10.1. The van der Waals surface area contributed by atoms with E-state index in [0.29, 0.717) is 6.54 Å². The molecule has 0 atom stereocenters. The molecule has 0 saturated carbocycles. The molecule has 0 spiro atoms. The largest absolute Gasteiger partial charge is 0.369 e. The van der Waals surface area contributed by atoms with E-state index in [9.17, 15) is 0 Å². The first kappa shape index (κ1) is 17.8. The highest BCUT2D eigenvalue weighted by Crippen LogP contribution is 2.22. The number of benzene rings is 1. The Balaban J connectivity index is 2.01. The highest BCUT2D eigenvalue weighted by molar-refractivity contribution is 7.99. The molecule has 0 unspecified atom stereocenters. The number of hydrogen-bond donors (Lipinski definition) is 2. The molecule has 25 heavy (non-hydrogen) atoms. The molecule has 1 aromatic carbocycles. The van der Waals surface area contributed by atoms with Gasteiger partial charge in [0.05, 0.1) is 5.69 Å². The Labute approximate surface area is 153 Å². The first-order valence-corrected chi connectivity index (χ1v) is 9.85. The number of fused-ring (bicyclic) bond motifs is 1. The normalized spacial score (nSPS) is 12.7. The van der Waals surface area contributed by atoms with Gasteiger partial charge in [-0.25, -0.2) is 4.98 Å². The zero-order valence-electron chi connectivity index (χ0n) is 14.7. The van der Waals surface area contributed by atoms with Crippen molar-refractivity contribution in [2.24, 2.45) is 5.73 Å². The van der Waals surface area contributed by atoms with Crippen molar-refractivity contribution in [1.29, 1.82) is 0 Å². The molecule has 0 aliphatic heterocycles. The zero-order chi connectivity index (χ0) is 17.5. The number of hydrogen-bond acceptors (Lipinski definition) is 4. The average molecular weight is 352 g/mol. The van der Waals surface area contributed by atoms with Crippen LogP contribution in [0.2, 0.25) is 0 Å². The third-order valence-corrected chi connectivity index (χ3v) is 4.99. The summed E-state index contributed by atoms with van der Waals surface area (Å²) < 4.78 is 0. The second-order valence-electron chi connectivity index (χ2n) is 5.92. The van der Waals surface area contributed by atoms with Crippen LogP contribution in [0.3, 0.4) is 0 Å². The fourth-order valence-electron chi connectivity index (χ4n) is 2.84. The Hall–Kier alpha value is -2.04. The monoisotopic (exact) mass is 351 g/mol. The number of allylic oxidation sites excluding steroid dienone is 2. The van der Waals surface area contributed by atoms with Crippen molar-refractivity contribution >= 4 is 29.7 Å². The quantitative estimate of drug-likeness (QED) is 0.594. The van der Waals surface area contributed by atoms with Gasteiger partial charge in [-0.05, 0) is 48.6 Å². The number of nitrogens with one attached hydrogen (secondary N) is 1. The van der Waals surface area contributed by atoms with Gasteiger partial charge in [-0.2, -0.15) is 0 Å². The molecule has 1 aromatic heterocycles. The lowest BCUT2D eigenvalue weighted by Crippen LogP contribution is -2.30. The van der Waals surface area contributed by atoms with Crippen LogP contribution in [0.4, 0.5) is 5.82 Å². The van der Waals surface area contributed by atoms with Crippen LogP contribution in [0.1, 0.15) is 19.8 Å². The second-order valence-corrected chi connectivity index (χ2v) is 7.26. The van der Waals surface area contributed by atoms with E-state index in [-0.39, 0.29) is 0 Å². The Morgan fingerprint density at radius 1 is 1.24 bits per heavy atom. The molecule has 130 valence electrons. The van der Waals surface area contributed by atoms with Crippen LogP contribution in [-0.4, -0.2) is 23.8 Å². The van der Waals surface area contributed by atoms with Crippen molar-refractivity contribution < 1.29 is 0 Å². The summed E-state index contributed by atoms with van der Waals surface area (Å²) in [5, 5.41) is 5.86. The number of thioether (sulfide) groups is 1.